The van der Waals surface area contributed by atoms with E-state index in [0.717, 1.165) is 11.3 Å². The molecule has 0 fully saturated rings. The van der Waals surface area contributed by atoms with E-state index in [4.69, 9.17) is 11.6 Å². The minimum atomic E-state index is -0.442. The van der Waals surface area contributed by atoms with Crippen LogP contribution in [0.3, 0.4) is 0 Å². The molecule has 0 radical (unpaired) electrons. The molecule has 1 amide bonds. The molecule has 0 spiro atoms. The summed E-state index contributed by atoms with van der Waals surface area (Å²) < 4.78 is 13.5. The number of hydrogen-bond acceptors (Lipinski definition) is 2. The molecule has 0 saturated heterocycles. The number of fused-ring (bicyclic) bond motifs is 1. The molecule has 1 aliphatic rings. The summed E-state index contributed by atoms with van der Waals surface area (Å²) >= 11 is 6.25. The fraction of sp³-hybridized carbons (Fsp3) is 0.0500. The number of anilines is 2. The van der Waals surface area contributed by atoms with Gasteiger partial charge in [-0.15, -0.1) is 0 Å². The van der Waals surface area contributed by atoms with E-state index in [1.54, 1.807) is 11.0 Å². The van der Waals surface area contributed by atoms with Crippen LogP contribution in [0.15, 0.2) is 72.8 Å². The standard InChI is InChI=1S/C20H14ClFN2O/c21-16-12-14(22)10-11-18(16)24-19(13-6-2-1-3-7-13)23-17-9-5-4-8-15(17)20(24)25/h1-12,19,23H. The van der Waals surface area contributed by atoms with Crippen LogP contribution >= 0.6 is 11.6 Å². The zero-order chi connectivity index (χ0) is 17.4. The number of benzene rings is 3. The Morgan fingerprint density at radius 1 is 0.960 bits per heavy atom. The summed E-state index contributed by atoms with van der Waals surface area (Å²) in [4.78, 5) is 14.7. The van der Waals surface area contributed by atoms with Crippen LogP contribution in [0.2, 0.25) is 5.02 Å². The molecule has 1 N–H and O–H groups in total. The Labute approximate surface area is 149 Å². The summed E-state index contributed by atoms with van der Waals surface area (Å²) in [5.41, 5.74) is 2.68. The highest BCUT2D eigenvalue weighted by atomic mass is 35.5. The Morgan fingerprint density at radius 2 is 1.68 bits per heavy atom. The highest BCUT2D eigenvalue weighted by Gasteiger charge is 2.34. The van der Waals surface area contributed by atoms with Crippen molar-refractivity contribution in [1.82, 2.24) is 0 Å². The van der Waals surface area contributed by atoms with Gasteiger partial charge < -0.3 is 5.32 Å². The summed E-state index contributed by atoms with van der Waals surface area (Å²) in [6.07, 6.45) is -0.438. The van der Waals surface area contributed by atoms with Gasteiger partial charge in [-0.05, 0) is 35.9 Å². The van der Waals surface area contributed by atoms with Gasteiger partial charge in [0.05, 0.1) is 16.3 Å². The average molecular weight is 353 g/mol. The molecule has 5 heteroatoms. The van der Waals surface area contributed by atoms with Crippen LogP contribution in [0, 0.1) is 5.82 Å². The minimum absolute atomic E-state index is 0.184. The van der Waals surface area contributed by atoms with Crippen molar-refractivity contribution in [3.8, 4) is 0 Å². The van der Waals surface area contributed by atoms with Crippen LogP contribution in [0.5, 0.6) is 0 Å². The van der Waals surface area contributed by atoms with E-state index < -0.39 is 12.0 Å². The molecule has 25 heavy (non-hydrogen) atoms. The molecule has 3 aromatic rings. The van der Waals surface area contributed by atoms with E-state index in [0.29, 0.717) is 11.3 Å². The van der Waals surface area contributed by atoms with E-state index in [1.807, 2.05) is 48.5 Å². The maximum absolute atomic E-state index is 13.5. The first kappa shape index (κ1) is 15.7. The average Bonchev–Trinajstić information content (AvgIpc) is 2.63. The maximum Gasteiger partial charge on any atom is 0.262 e. The SMILES string of the molecule is O=C1c2ccccc2NC(c2ccccc2)N1c1ccc(F)cc1Cl. The third-order valence-corrected chi connectivity index (χ3v) is 4.51. The Bertz CT molecular complexity index is 945. The van der Waals surface area contributed by atoms with Crippen molar-refractivity contribution in [2.75, 3.05) is 10.2 Å². The number of rotatable bonds is 2. The molecule has 4 rings (SSSR count). The smallest absolute Gasteiger partial charge is 0.262 e. The van der Waals surface area contributed by atoms with Crippen molar-refractivity contribution in [3.63, 3.8) is 0 Å². The topological polar surface area (TPSA) is 32.3 Å². The molecule has 124 valence electrons. The summed E-state index contributed by atoms with van der Waals surface area (Å²) in [6, 6.07) is 21.0. The van der Waals surface area contributed by atoms with Crippen LogP contribution in [0.4, 0.5) is 15.8 Å². The third kappa shape index (κ3) is 2.75. The maximum atomic E-state index is 13.5. The van der Waals surface area contributed by atoms with Crippen LogP contribution in [-0.4, -0.2) is 5.91 Å². The number of hydrogen-bond donors (Lipinski definition) is 1. The molecule has 0 bridgehead atoms. The predicted molar refractivity (Wildman–Crippen MR) is 97.5 cm³/mol. The molecular weight excluding hydrogens is 339 g/mol. The molecule has 0 saturated carbocycles. The fourth-order valence-electron chi connectivity index (χ4n) is 3.05. The lowest BCUT2D eigenvalue weighted by atomic mass is 10.0. The van der Waals surface area contributed by atoms with E-state index in [2.05, 4.69) is 5.32 Å². The van der Waals surface area contributed by atoms with Crippen LogP contribution in [-0.2, 0) is 0 Å². The Kier molecular flexibility index (Phi) is 3.90. The molecule has 0 aliphatic carbocycles. The molecule has 0 aromatic heterocycles. The van der Waals surface area contributed by atoms with Gasteiger partial charge in [0.25, 0.3) is 5.91 Å². The molecule has 1 aliphatic heterocycles. The Hall–Kier alpha value is -2.85. The van der Waals surface area contributed by atoms with E-state index in [1.165, 1.54) is 18.2 Å². The highest BCUT2D eigenvalue weighted by Crippen LogP contribution is 2.39. The first-order valence-corrected chi connectivity index (χ1v) is 8.22. The van der Waals surface area contributed by atoms with Gasteiger partial charge >= 0.3 is 0 Å². The number of carbonyl (C=O) groups is 1. The van der Waals surface area contributed by atoms with Gasteiger partial charge in [-0.3, -0.25) is 9.69 Å². The van der Waals surface area contributed by atoms with Gasteiger partial charge in [0.2, 0.25) is 0 Å². The second kappa shape index (κ2) is 6.22. The van der Waals surface area contributed by atoms with Crippen LogP contribution < -0.4 is 10.2 Å². The van der Waals surface area contributed by atoms with Crippen molar-refractivity contribution in [3.05, 3.63) is 94.8 Å². The van der Waals surface area contributed by atoms with Gasteiger partial charge in [-0.25, -0.2) is 4.39 Å². The lowest BCUT2D eigenvalue weighted by Gasteiger charge is -2.38. The second-order valence-electron chi connectivity index (χ2n) is 5.77. The quantitative estimate of drug-likeness (QED) is 0.683. The normalized spacial score (nSPS) is 16.3. The first-order chi connectivity index (χ1) is 12.1. The van der Waals surface area contributed by atoms with Gasteiger partial charge in [-0.1, -0.05) is 54.1 Å². The second-order valence-corrected chi connectivity index (χ2v) is 6.18. The zero-order valence-corrected chi connectivity index (χ0v) is 13.9. The van der Waals surface area contributed by atoms with Crippen molar-refractivity contribution >= 4 is 28.9 Å². The molecule has 3 nitrogen and oxygen atoms in total. The number of carbonyl (C=O) groups excluding carboxylic acids is 1. The Balaban J connectivity index is 1.89. The van der Waals surface area contributed by atoms with Crippen molar-refractivity contribution in [2.24, 2.45) is 0 Å². The summed E-state index contributed by atoms with van der Waals surface area (Å²) in [6.45, 7) is 0. The first-order valence-electron chi connectivity index (χ1n) is 7.84. The van der Waals surface area contributed by atoms with Crippen molar-refractivity contribution < 1.29 is 9.18 Å². The number of amides is 1. The number of para-hydroxylation sites is 1. The Morgan fingerprint density at radius 3 is 2.44 bits per heavy atom. The molecule has 1 heterocycles. The number of nitrogens with zero attached hydrogens (tertiary/aromatic N) is 1. The fourth-order valence-corrected chi connectivity index (χ4v) is 3.31. The third-order valence-electron chi connectivity index (χ3n) is 4.21. The van der Waals surface area contributed by atoms with Crippen molar-refractivity contribution in [1.29, 1.82) is 0 Å². The molecule has 1 unspecified atom stereocenters. The lowest BCUT2D eigenvalue weighted by molar-refractivity contribution is 0.0975. The van der Waals surface area contributed by atoms with Crippen LogP contribution in [0.1, 0.15) is 22.1 Å². The molecule has 3 aromatic carbocycles. The number of halogens is 2. The summed E-state index contributed by atoms with van der Waals surface area (Å²) in [5, 5.41) is 3.58. The lowest BCUT2D eigenvalue weighted by Crippen LogP contribution is -2.43. The largest absolute Gasteiger partial charge is 0.360 e. The van der Waals surface area contributed by atoms with E-state index in [9.17, 15) is 9.18 Å². The molecule has 1 atom stereocenters. The monoisotopic (exact) mass is 352 g/mol. The van der Waals surface area contributed by atoms with Gasteiger partial charge in [0.1, 0.15) is 12.0 Å². The van der Waals surface area contributed by atoms with E-state index >= 15 is 0 Å². The van der Waals surface area contributed by atoms with E-state index in [-0.39, 0.29) is 10.9 Å². The van der Waals surface area contributed by atoms with Gasteiger partial charge in [0, 0.05) is 5.69 Å². The summed E-state index contributed by atoms with van der Waals surface area (Å²) in [5.74, 6) is -0.625. The van der Waals surface area contributed by atoms with Gasteiger partial charge in [-0.2, -0.15) is 0 Å². The molecular formula is C20H14ClFN2O. The van der Waals surface area contributed by atoms with Gasteiger partial charge in [0.15, 0.2) is 0 Å². The zero-order valence-electron chi connectivity index (χ0n) is 13.1. The number of nitrogens with one attached hydrogen (secondary N) is 1. The van der Waals surface area contributed by atoms with Crippen molar-refractivity contribution in [2.45, 2.75) is 6.17 Å². The minimum Gasteiger partial charge on any atom is -0.360 e. The highest BCUT2D eigenvalue weighted by molar-refractivity contribution is 6.34. The van der Waals surface area contributed by atoms with Crippen LogP contribution in [0.25, 0.3) is 0 Å². The predicted octanol–water partition coefficient (Wildman–Crippen LogP) is 5.25. The summed E-state index contributed by atoms with van der Waals surface area (Å²) in [7, 11) is 0.